The van der Waals surface area contributed by atoms with Crippen LogP contribution in [0, 0.1) is 5.92 Å². The summed E-state index contributed by atoms with van der Waals surface area (Å²) in [6.07, 6.45) is 1.79. The van der Waals surface area contributed by atoms with Crippen molar-refractivity contribution in [1.29, 1.82) is 0 Å². The highest BCUT2D eigenvalue weighted by Crippen LogP contribution is 2.25. The molecule has 10 nitrogen and oxygen atoms in total. The number of piperidine rings is 1. The number of benzene rings is 1. The van der Waals surface area contributed by atoms with Gasteiger partial charge in [-0.3, -0.25) is 14.8 Å². The maximum atomic E-state index is 13.5. The van der Waals surface area contributed by atoms with Crippen LogP contribution in [0.2, 0.25) is 0 Å². The molecule has 1 unspecified atom stereocenters. The van der Waals surface area contributed by atoms with E-state index in [2.05, 4.69) is 5.32 Å². The highest BCUT2D eigenvalue weighted by atomic mass is 35.5. The van der Waals surface area contributed by atoms with Gasteiger partial charge in [-0.1, -0.05) is 13.8 Å². The van der Waals surface area contributed by atoms with Crippen molar-refractivity contribution in [1.82, 2.24) is 20.0 Å². The number of nitrogens with one attached hydrogen (secondary N) is 2. The summed E-state index contributed by atoms with van der Waals surface area (Å²) >= 11 is 0. The van der Waals surface area contributed by atoms with Gasteiger partial charge in [0.1, 0.15) is 11.8 Å². The van der Waals surface area contributed by atoms with E-state index >= 15 is 0 Å². The van der Waals surface area contributed by atoms with Crippen molar-refractivity contribution in [3.05, 3.63) is 24.3 Å². The summed E-state index contributed by atoms with van der Waals surface area (Å²) < 4.78 is 33.2. The second-order valence-corrected chi connectivity index (χ2v) is 10.5. The Labute approximate surface area is 208 Å². The molecule has 0 bridgehead atoms. The molecule has 0 spiro atoms. The molecule has 1 aliphatic rings. The lowest BCUT2D eigenvalue weighted by Gasteiger charge is -2.33. The number of hydrogen-bond acceptors (Lipinski definition) is 7. The zero-order valence-electron chi connectivity index (χ0n) is 20.2. The standard InChI is InChI=1S/C22H36N4O6S.ClH/c1-16(2)15-20(22(28)24-29)26(33(30,31)19-7-5-18(32-4)6-8-19)14-11-21(27)25-12-9-17(23-3)10-13-25;/h5-8,16-17,20,23,29H,9-15H2,1-4H3,(H,24,28);1H. The minimum atomic E-state index is -4.14. The van der Waals surface area contributed by atoms with Gasteiger partial charge in [0.05, 0.1) is 12.0 Å². The number of amides is 2. The van der Waals surface area contributed by atoms with Crippen LogP contribution in [0.5, 0.6) is 5.75 Å². The zero-order chi connectivity index (χ0) is 24.6. The fourth-order valence-electron chi connectivity index (χ4n) is 3.98. The van der Waals surface area contributed by atoms with Gasteiger partial charge in [-0.15, -0.1) is 12.4 Å². The van der Waals surface area contributed by atoms with Crippen LogP contribution >= 0.6 is 12.4 Å². The fraction of sp³-hybridized carbons (Fsp3) is 0.636. The molecule has 0 saturated carbocycles. The third kappa shape index (κ3) is 7.81. The summed E-state index contributed by atoms with van der Waals surface area (Å²) in [7, 11) is -0.769. The summed E-state index contributed by atoms with van der Waals surface area (Å²) in [6, 6.07) is 5.04. The number of sulfonamides is 1. The quantitative estimate of drug-likeness (QED) is 0.299. The van der Waals surface area contributed by atoms with Crippen LogP contribution in [0.4, 0.5) is 0 Å². The Morgan fingerprint density at radius 3 is 2.26 bits per heavy atom. The van der Waals surface area contributed by atoms with E-state index in [4.69, 9.17) is 4.74 Å². The maximum absolute atomic E-state index is 13.5. The maximum Gasteiger partial charge on any atom is 0.261 e. The SMILES string of the molecule is CNC1CCN(C(=O)CCN(C(CC(C)C)C(=O)NO)S(=O)(=O)c2ccc(OC)cc2)CC1.Cl. The second-order valence-electron chi connectivity index (χ2n) is 8.61. The molecular weight excluding hydrogens is 484 g/mol. The van der Waals surface area contributed by atoms with Crippen molar-refractivity contribution in [3.8, 4) is 5.75 Å². The number of rotatable bonds is 11. The van der Waals surface area contributed by atoms with Crippen LogP contribution in [-0.2, 0) is 19.6 Å². The molecule has 1 saturated heterocycles. The molecule has 1 aromatic rings. The monoisotopic (exact) mass is 520 g/mol. The molecule has 1 fully saturated rings. The first-order valence-corrected chi connectivity index (χ1v) is 12.6. The number of carbonyl (C=O) groups excluding carboxylic acids is 2. The van der Waals surface area contributed by atoms with Gasteiger partial charge in [-0.2, -0.15) is 4.31 Å². The number of hydrogen-bond donors (Lipinski definition) is 3. The summed E-state index contributed by atoms with van der Waals surface area (Å²) in [5.41, 5.74) is 1.59. The molecule has 0 aromatic heterocycles. The van der Waals surface area contributed by atoms with Crippen LogP contribution in [0.1, 0.15) is 39.5 Å². The van der Waals surface area contributed by atoms with Gasteiger partial charge in [-0.05, 0) is 56.5 Å². The number of carbonyl (C=O) groups is 2. The molecule has 1 aromatic carbocycles. The van der Waals surface area contributed by atoms with E-state index in [0.29, 0.717) is 24.9 Å². The third-order valence-electron chi connectivity index (χ3n) is 5.92. The van der Waals surface area contributed by atoms with Gasteiger partial charge in [-0.25, -0.2) is 13.9 Å². The van der Waals surface area contributed by atoms with E-state index in [1.54, 1.807) is 10.4 Å². The minimum Gasteiger partial charge on any atom is -0.497 e. The lowest BCUT2D eigenvalue weighted by molar-refractivity contribution is -0.135. The van der Waals surface area contributed by atoms with Crippen molar-refractivity contribution in [2.24, 2.45) is 5.92 Å². The predicted octanol–water partition coefficient (Wildman–Crippen LogP) is 1.63. The predicted molar refractivity (Wildman–Crippen MR) is 131 cm³/mol. The molecule has 3 N–H and O–H groups in total. The number of hydroxylamine groups is 1. The van der Waals surface area contributed by atoms with E-state index < -0.39 is 22.0 Å². The Hall–Kier alpha value is -1.92. The number of methoxy groups -OCH3 is 1. The van der Waals surface area contributed by atoms with Gasteiger partial charge in [0.25, 0.3) is 5.91 Å². The van der Waals surface area contributed by atoms with Crippen molar-refractivity contribution in [2.45, 2.75) is 56.5 Å². The summed E-state index contributed by atoms with van der Waals surface area (Å²) in [4.78, 5) is 27.0. The van der Waals surface area contributed by atoms with Crippen LogP contribution in [0.15, 0.2) is 29.2 Å². The number of likely N-dealkylation sites (tertiary alicyclic amines) is 1. The van der Waals surface area contributed by atoms with Crippen LogP contribution in [-0.4, -0.2) is 80.5 Å². The van der Waals surface area contributed by atoms with Crippen LogP contribution in [0.3, 0.4) is 0 Å². The largest absolute Gasteiger partial charge is 0.497 e. The van der Waals surface area contributed by atoms with Crippen LogP contribution in [0.25, 0.3) is 0 Å². The number of nitrogens with zero attached hydrogens (tertiary/aromatic N) is 2. The summed E-state index contributed by atoms with van der Waals surface area (Å²) in [5, 5.41) is 12.5. The Bertz CT molecular complexity index is 889. The molecule has 12 heteroatoms. The van der Waals surface area contributed by atoms with Crippen LogP contribution < -0.4 is 15.5 Å². The first-order chi connectivity index (χ1) is 15.6. The Kier molecular flexibility index (Phi) is 12.3. The average molecular weight is 521 g/mol. The Balaban J connectivity index is 0.00000578. The third-order valence-corrected chi connectivity index (χ3v) is 7.85. The molecule has 34 heavy (non-hydrogen) atoms. The highest BCUT2D eigenvalue weighted by Gasteiger charge is 2.37. The highest BCUT2D eigenvalue weighted by molar-refractivity contribution is 7.89. The average Bonchev–Trinajstić information content (AvgIpc) is 2.82. The number of halogens is 1. The smallest absolute Gasteiger partial charge is 0.261 e. The van der Waals surface area contributed by atoms with E-state index in [9.17, 15) is 23.2 Å². The van der Waals surface area contributed by atoms with Crippen molar-refractivity contribution in [2.75, 3.05) is 33.8 Å². The fourth-order valence-corrected chi connectivity index (χ4v) is 5.58. The molecule has 0 radical (unpaired) electrons. The van der Waals surface area contributed by atoms with E-state index in [1.807, 2.05) is 20.9 Å². The van der Waals surface area contributed by atoms with Gasteiger partial charge < -0.3 is 15.0 Å². The normalized spacial score (nSPS) is 15.7. The van der Waals surface area contributed by atoms with E-state index in [1.165, 1.54) is 31.4 Å². The van der Waals surface area contributed by atoms with Gasteiger partial charge in [0.15, 0.2) is 0 Å². The topological polar surface area (TPSA) is 128 Å². The molecule has 0 aliphatic carbocycles. The molecule has 194 valence electrons. The van der Waals surface area contributed by atoms with Crippen molar-refractivity contribution >= 4 is 34.2 Å². The van der Waals surface area contributed by atoms with Gasteiger partial charge >= 0.3 is 0 Å². The molecule has 2 rings (SSSR count). The van der Waals surface area contributed by atoms with E-state index in [0.717, 1.165) is 17.1 Å². The minimum absolute atomic E-state index is 0. The molecule has 1 heterocycles. The van der Waals surface area contributed by atoms with Crippen molar-refractivity contribution < 1.29 is 28.0 Å². The molecule has 2 amide bonds. The number of ether oxygens (including phenoxy) is 1. The first kappa shape index (κ1) is 30.1. The lowest BCUT2D eigenvalue weighted by Crippen LogP contribution is -2.51. The Morgan fingerprint density at radius 1 is 1.21 bits per heavy atom. The Morgan fingerprint density at radius 2 is 1.79 bits per heavy atom. The summed E-state index contributed by atoms with van der Waals surface area (Å²) in [5.74, 6) is -0.528. The van der Waals surface area contributed by atoms with E-state index in [-0.39, 0.29) is 48.5 Å². The molecule has 1 aliphatic heterocycles. The molecular formula is C22H37ClN4O6S. The van der Waals surface area contributed by atoms with Gasteiger partial charge in [0, 0.05) is 32.1 Å². The zero-order valence-corrected chi connectivity index (χ0v) is 21.8. The molecule has 1 atom stereocenters. The summed E-state index contributed by atoms with van der Waals surface area (Å²) in [6.45, 7) is 4.73. The first-order valence-electron chi connectivity index (χ1n) is 11.2. The van der Waals surface area contributed by atoms with Crippen molar-refractivity contribution in [3.63, 3.8) is 0 Å². The second kappa shape index (κ2) is 13.8. The van der Waals surface area contributed by atoms with Gasteiger partial charge in [0.2, 0.25) is 15.9 Å². The lowest BCUT2D eigenvalue weighted by atomic mass is 10.0.